The third-order valence-electron chi connectivity index (χ3n) is 5.72. The van der Waals surface area contributed by atoms with E-state index >= 15 is 0 Å². The van der Waals surface area contributed by atoms with Gasteiger partial charge in [0, 0.05) is 17.6 Å². The number of benzene rings is 3. The van der Waals surface area contributed by atoms with Gasteiger partial charge in [-0.1, -0.05) is 48.0 Å². The van der Waals surface area contributed by atoms with Crippen LogP contribution in [0.25, 0.3) is 28.3 Å². The number of rotatable bonds is 6. The van der Waals surface area contributed by atoms with Gasteiger partial charge in [-0.15, -0.1) is 0 Å². The molecule has 0 fully saturated rings. The minimum atomic E-state index is -4.16. The van der Waals surface area contributed by atoms with E-state index in [0.29, 0.717) is 28.1 Å². The largest absolute Gasteiger partial charge is 0.439 e. The minimum absolute atomic E-state index is 0.0284. The zero-order valence-electron chi connectivity index (χ0n) is 18.8. The monoisotopic (exact) mass is 509 g/mol. The number of anilines is 1. The molecule has 7 nitrogen and oxygen atoms in total. The second-order valence-corrected chi connectivity index (χ2v) is 10.1. The number of aryl methyl sites for hydroxylation is 1. The lowest BCUT2D eigenvalue weighted by Crippen LogP contribution is -2.29. The summed E-state index contributed by atoms with van der Waals surface area (Å²) in [6, 6.07) is 21.0. The Hall–Kier alpha value is -3.59. The van der Waals surface area contributed by atoms with Crippen LogP contribution >= 0.6 is 11.6 Å². The second-order valence-electron chi connectivity index (χ2n) is 8.06. The number of hydrogen-bond acceptors (Lipinski definition) is 5. The van der Waals surface area contributed by atoms with E-state index in [0.717, 1.165) is 22.3 Å². The zero-order chi connectivity index (χ0) is 24.6. The molecule has 0 atom stereocenters. The Balaban J connectivity index is 1.47. The molecule has 0 spiro atoms. The molecule has 178 valence electrons. The van der Waals surface area contributed by atoms with Gasteiger partial charge in [-0.05, 0) is 47.5 Å². The topological polar surface area (TPSA) is 83.9 Å². The van der Waals surface area contributed by atoms with Crippen molar-refractivity contribution in [1.82, 2.24) is 0 Å². The summed E-state index contributed by atoms with van der Waals surface area (Å²) in [6.45, 7) is 0.0284. The van der Waals surface area contributed by atoms with Crippen molar-refractivity contribution < 1.29 is 26.7 Å². The summed E-state index contributed by atoms with van der Waals surface area (Å²) in [5, 5.41) is 0.619. The first-order chi connectivity index (χ1) is 16.8. The van der Waals surface area contributed by atoms with Crippen molar-refractivity contribution in [1.29, 1.82) is 0 Å². The van der Waals surface area contributed by atoms with Crippen molar-refractivity contribution in [3.63, 3.8) is 0 Å². The molecule has 2 heterocycles. The number of hydrogen-bond donors (Lipinski definition) is 1. The molecule has 0 unspecified atom stereocenters. The van der Waals surface area contributed by atoms with Gasteiger partial charge >= 0.3 is 5.89 Å². The number of allylic oxidation sites excluding steroid dienone is 2. The molecular weight excluding hydrogens is 488 g/mol. The minimum Gasteiger partial charge on any atom is -0.439 e. The predicted octanol–water partition coefficient (Wildman–Crippen LogP) is 5.22. The van der Waals surface area contributed by atoms with E-state index in [-0.39, 0.29) is 6.54 Å². The normalized spacial score (nSPS) is 14.7. The van der Waals surface area contributed by atoms with E-state index in [2.05, 4.69) is 0 Å². The Bertz CT molecular complexity index is 1580. The Morgan fingerprint density at radius 1 is 1.06 bits per heavy atom. The standard InChI is InChI=1S/C26H21ClN2O5S/c1-28-21-17-20(27)11-13-23(21)33-25(28)8-5-9-26-29(14-15-35(30,31)32)22-16-19(10-12-24(22)34-26)18-6-3-2-4-7-18/h2-13,16-17H,14-15H2,1H3/p+1. The van der Waals surface area contributed by atoms with Crippen molar-refractivity contribution in [3.05, 3.63) is 95.7 Å². The molecule has 0 amide bonds. The van der Waals surface area contributed by atoms with Crippen LogP contribution in [-0.4, -0.2) is 25.3 Å². The van der Waals surface area contributed by atoms with Crippen molar-refractivity contribution in [3.8, 4) is 16.9 Å². The van der Waals surface area contributed by atoms with Gasteiger partial charge in [0.05, 0.1) is 17.5 Å². The molecule has 1 N–H and O–H groups in total. The molecule has 1 aromatic heterocycles. The summed E-state index contributed by atoms with van der Waals surface area (Å²) in [5.41, 5.74) is 4.28. The number of halogens is 1. The Kier molecular flexibility index (Phi) is 6.10. The fraction of sp³-hybridized carbons (Fsp3) is 0.115. The molecule has 0 saturated carbocycles. The van der Waals surface area contributed by atoms with Crippen LogP contribution in [-0.2, 0) is 17.2 Å². The number of ether oxygens (including phenoxy) is 1. The Morgan fingerprint density at radius 2 is 1.86 bits per heavy atom. The summed E-state index contributed by atoms with van der Waals surface area (Å²) in [4.78, 5) is 1.73. The lowest BCUT2D eigenvalue weighted by Gasteiger charge is -2.17. The summed E-state index contributed by atoms with van der Waals surface area (Å²) >= 11 is 6.10. The van der Waals surface area contributed by atoms with Gasteiger partial charge in [0.15, 0.2) is 5.75 Å². The predicted molar refractivity (Wildman–Crippen MR) is 136 cm³/mol. The summed E-state index contributed by atoms with van der Waals surface area (Å²) in [7, 11) is -2.28. The van der Waals surface area contributed by atoms with Crippen LogP contribution in [0.4, 0.5) is 5.69 Å². The fourth-order valence-electron chi connectivity index (χ4n) is 3.97. The maximum Gasteiger partial charge on any atom is 0.373 e. The molecule has 3 aromatic carbocycles. The van der Waals surface area contributed by atoms with Gasteiger partial charge in [0.25, 0.3) is 15.6 Å². The molecule has 1 aliphatic heterocycles. The quantitative estimate of drug-likeness (QED) is 0.283. The van der Waals surface area contributed by atoms with E-state index in [1.54, 1.807) is 29.2 Å². The van der Waals surface area contributed by atoms with E-state index < -0.39 is 15.9 Å². The number of fused-ring (bicyclic) bond motifs is 2. The first-order valence-corrected chi connectivity index (χ1v) is 12.8. The van der Waals surface area contributed by atoms with Gasteiger partial charge in [-0.25, -0.2) is 0 Å². The van der Waals surface area contributed by atoms with Crippen molar-refractivity contribution in [2.75, 3.05) is 17.2 Å². The van der Waals surface area contributed by atoms with Crippen molar-refractivity contribution in [2.45, 2.75) is 0 Å². The van der Waals surface area contributed by atoms with Crippen LogP contribution in [0.5, 0.6) is 5.75 Å². The molecule has 1 aliphatic rings. The molecule has 35 heavy (non-hydrogen) atoms. The molecule has 0 radical (unpaired) electrons. The summed E-state index contributed by atoms with van der Waals surface area (Å²) in [5.74, 6) is 1.20. The molecule has 0 saturated heterocycles. The highest BCUT2D eigenvalue weighted by Crippen LogP contribution is 2.41. The van der Waals surface area contributed by atoms with Gasteiger partial charge in [0.2, 0.25) is 11.5 Å². The average molecular weight is 510 g/mol. The maximum atomic E-state index is 11.5. The Labute approximate surface area is 207 Å². The van der Waals surface area contributed by atoms with E-state index in [9.17, 15) is 13.0 Å². The highest BCUT2D eigenvalue weighted by atomic mass is 35.5. The third kappa shape index (κ3) is 4.95. The third-order valence-corrected chi connectivity index (χ3v) is 6.65. The smallest absolute Gasteiger partial charge is 0.373 e. The van der Waals surface area contributed by atoms with Crippen LogP contribution in [0.2, 0.25) is 5.02 Å². The lowest BCUT2D eigenvalue weighted by atomic mass is 10.0. The Morgan fingerprint density at radius 3 is 2.63 bits per heavy atom. The molecular formula is C26H22ClN2O5S+. The van der Waals surface area contributed by atoms with Gasteiger partial charge in [-0.2, -0.15) is 13.0 Å². The molecule has 0 bridgehead atoms. The van der Waals surface area contributed by atoms with E-state index in [1.807, 2.05) is 72.3 Å². The average Bonchev–Trinajstić information content (AvgIpc) is 3.34. The molecule has 5 rings (SSSR count). The van der Waals surface area contributed by atoms with Crippen LogP contribution in [0.3, 0.4) is 0 Å². The maximum absolute atomic E-state index is 11.5. The fourth-order valence-corrected chi connectivity index (χ4v) is 4.55. The first-order valence-electron chi connectivity index (χ1n) is 10.8. The van der Waals surface area contributed by atoms with E-state index in [1.165, 1.54) is 0 Å². The lowest BCUT2D eigenvalue weighted by molar-refractivity contribution is -0.652. The highest BCUT2D eigenvalue weighted by Gasteiger charge is 2.27. The first kappa shape index (κ1) is 23.2. The number of nitrogens with zero attached hydrogens (tertiary/aromatic N) is 2. The number of aromatic nitrogens is 1. The second kappa shape index (κ2) is 9.22. The van der Waals surface area contributed by atoms with Crippen molar-refractivity contribution >= 4 is 44.6 Å². The summed E-state index contributed by atoms with van der Waals surface area (Å²) < 4.78 is 46.1. The molecule has 4 aromatic rings. The van der Waals surface area contributed by atoms with Gasteiger partial charge in [0.1, 0.15) is 7.05 Å². The highest BCUT2D eigenvalue weighted by molar-refractivity contribution is 7.85. The number of oxazole rings is 1. The van der Waals surface area contributed by atoms with Crippen LogP contribution < -0.4 is 14.2 Å². The van der Waals surface area contributed by atoms with E-state index in [4.69, 9.17) is 20.8 Å². The SMILES string of the molecule is C[n+]1c(C=CC=C2Oc3ccc(-c4ccccc4)cc3N2CCS(=O)(=O)O)oc2ccc(Cl)cc21. The van der Waals surface area contributed by atoms with Crippen LogP contribution in [0, 0.1) is 0 Å². The molecule has 0 aliphatic carbocycles. The zero-order valence-corrected chi connectivity index (χ0v) is 20.3. The van der Waals surface area contributed by atoms with Gasteiger partial charge < -0.3 is 14.1 Å². The molecule has 9 heteroatoms. The van der Waals surface area contributed by atoms with Crippen LogP contribution in [0.1, 0.15) is 5.89 Å². The van der Waals surface area contributed by atoms with Crippen molar-refractivity contribution in [2.24, 2.45) is 7.05 Å². The van der Waals surface area contributed by atoms with Crippen LogP contribution in [0.15, 0.2) is 89.2 Å². The summed E-state index contributed by atoms with van der Waals surface area (Å²) in [6.07, 6.45) is 5.27. The van der Waals surface area contributed by atoms with Gasteiger partial charge in [-0.3, -0.25) is 4.55 Å².